The Balaban J connectivity index is 2.19. The molecule has 0 aliphatic rings. The summed E-state index contributed by atoms with van der Waals surface area (Å²) in [4.78, 5) is 0.424. The van der Waals surface area contributed by atoms with E-state index < -0.39 is 0 Å². The lowest BCUT2D eigenvalue weighted by Gasteiger charge is -2.11. The van der Waals surface area contributed by atoms with E-state index in [0.717, 1.165) is 28.3 Å². The Morgan fingerprint density at radius 3 is 2.60 bits per heavy atom. The molecule has 4 heteroatoms. The highest BCUT2D eigenvalue weighted by molar-refractivity contribution is 7.80. The van der Waals surface area contributed by atoms with Gasteiger partial charge in [-0.25, -0.2) is 0 Å². The number of ether oxygens (including phenoxy) is 1. The zero-order valence-electron chi connectivity index (χ0n) is 11.6. The van der Waals surface area contributed by atoms with Crippen molar-refractivity contribution >= 4 is 28.6 Å². The molecule has 2 aromatic rings. The molecule has 0 aromatic heterocycles. The summed E-state index contributed by atoms with van der Waals surface area (Å²) in [5, 5.41) is 3.35. The van der Waals surface area contributed by atoms with E-state index in [4.69, 9.17) is 22.7 Å². The van der Waals surface area contributed by atoms with Gasteiger partial charge in [-0.15, -0.1) is 0 Å². The molecule has 0 radical (unpaired) electrons. The summed E-state index contributed by atoms with van der Waals surface area (Å²) in [6, 6.07) is 13.8. The molecule has 0 unspecified atom stereocenters. The lowest BCUT2D eigenvalue weighted by molar-refractivity contribution is 0.340. The van der Waals surface area contributed by atoms with Gasteiger partial charge in [-0.1, -0.05) is 18.3 Å². The van der Waals surface area contributed by atoms with Gasteiger partial charge in [0, 0.05) is 23.0 Å². The monoisotopic (exact) mass is 286 g/mol. The maximum atomic E-state index is 5.66. The second-order valence-corrected chi connectivity index (χ2v) is 4.92. The van der Waals surface area contributed by atoms with Crippen LogP contribution in [-0.4, -0.2) is 11.6 Å². The summed E-state index contributed by atoms with van der Waals surface area (Å²) in [6.07, 6.45) is 0. The quantitative estimate of drug-likeness (QED) is 0.821. The molecule has 0 saturated heterocycles. The summed E-state index contributed by atoms with van der Waals surface area (Å²) >= 11 is 5.01. The molecule has 104 valence electrons. The predicted octanol–water partition coefficient (Wildman–Crippen LogP) is 3.77. The summed E-state index contributed by atoms with van der Waals surface area (Å²) < 4.78 is 5.48. The van der Waals surface area contributed by atoms with Crippen molar-refractivity contribution < 1.29 is 4.74 Å². The molecule has 0 aliphatic carbocycles. The average molecular weight is 286 g/mol. The van der Waals surface area contributed by atoms with Crippen molar-refractivity contribution in [2.45, 2.75) is 13.8 Å². The number of rotatable bonds is 5. The average Bonchev–Trinajstić information content (AvgIpc) is 2.39. The lowest BCUT2D eigenvalue weighted by Crippen LogP contribution is -2.11. The number of benzene rings is 2. The van der Waals surface area contributed by atoms with E-state index in [1.165, 1.54) is 0 Å². The molecule has 20 heavy (non-hydrogen) atoms. The summed E-state index contributed by atoms with van der Waals surface area (Å²) in [5.41, 5.74) is 9.62. The maximum Gasteiger partial charge on any atom is 0.121 e. The van der Waals surface area contributed by atoms with E-state index in [1.54, 1.807) is 0 Å². The highest BCUT2D eigenvalue weighted by Gasteiger charge is 2.03. The highest BCUT2D eigenvalue weighted by atomic mass is 32.1. The van der Waals surface area contributed by atoms with Gasteiger partial charge in [0.1, 0.15) is 10.7 Å². The Bertz CT molecular complexity index is 626. The van der Waals surface area contributed by atoms with Crippen LogP contribution in [0.3, 0.4) is 0 Å². The van der Waals surface area contributed by atoms with Crippen molar-refractivity contribution in [2.75, 3.05) is 11.9 Å². The fourth-order valence-electron chi connectivity index (χ4n) is 2.01. The zero-order valence-corrected chi connectivity index (χ0v) is 12.5. The molecule has 0 saturated carbocycles. The molecular weight excluding hydrogens is 268 g/mol. The van der Waals surface area contributed by atoms with Gasteiger partial charge in [0.25, 0.3) is 0 Å². The first kappa shape index (κ1) is 14.3. The number of anilines is 2. The smallest absolute Gasteiger partial charge is 0.121 e. The molecule has 0 heterocycles. The van der Waals surface area contributed by atoms with Crippen LogP contribution >= 0.6 is 12.2 Å². The van der Waals surface area contributed by atoms with E-state index in [-0.39, 0.29) is 0 Å². The normalized spacial score (nSPS) is 10.1. The molecule has 2 aromatic carbocycles. The Labute approximate surface area is 124 Å². The molecule has 0 amide bonds. The number of hydrogen-bond acceptors (Lipinski definition) is 3. The topological polar surface area (TPSA) is 47.3 Å². The van der Waals surface area contributed by atoms with Crippen molar-refractivity contribution in [1.29, 1.82) is 0 Å². The van der Waals surface area contributed by atoms with Gasteiger partial charge in [-0.2, -0.15) is 0 Å². The highest BCUT2D eigenvalue weighted by Crippen LogP contribution is 2.23. The second-order valence-electron chi connectivity index (χ2n) is 4.48. The fraction of sp³-hybridized carbons (Fsp3) is 0.188. The van der Waals surface area contributed by atoms with Crippen molar-refractivity contribution in [3.63, 3.8) is 0 Å². The van der Waals surface area contributed by atoms with Gasteiger partial charge < -0.3 is 15.8 Å². The van der Waals surface area contributed by atoms with Gasteiger partial charge in [0.2, 0.25) is 0 Å². The van der Waals surface area contributed by atoms with Crippen LogP contribution in [0.15, 0.2) is 42.5 Å². The predicted molar refractivity (Wildman–Crippen MR) is 88.0 cm³/mol. The molecule has 0 aliphatic heterocycles. The van der Waals surface area contributed by atoms with Crippen molar-refractivity contribution in [1.82, 2.24) is 0 Å². The third kappa shape index (κ3) is 3.48. The van der Waals surface area contributed by atoms with Crippen LogP contribution in [0.4, 0.5) is 11.4 Å². The molecule has 3 nitrogen and oxygen atoms in total. The van der Waals surface area contributed by atoms with Gasteiger partial charge in [0.05, 0.1) is 6.61 Å². The Hall–Kier alpha value is -2.07. The lowest BCUT2D eigenvalue weighted by atomic mass is 10.1. The maximum absolute atomic E-state index is 5.66. The molecule has 2 rings (SSSR count). The number of thiocarbonyl (C=S) groups is 1. The van der Waals surface area contributed by atoms with Gasteiger partial charge >= 0.3 is 0 Å². The Morgan fingerprint density at radius 2 is 1.95 bits per heavy atom. The molecule has 0 atom stereocenters. The van der Waals surface area contributed by atoms with Crippen LogP contribution in [0.25, 0.3) is 0 Å². The van der Waals surface area contributed by atoms with E-state index in [2.05, 4.69) is 5.32 Å². The minimum Gasteiger partial charge on any atom is -0.494 e. The minimum absolute atomic E-state index is 0.424. The van der Waals surface area contributed by atoms with Crippen LogP contribution in [0.1, 0.15) is 18.1 Å². The number of aryl methyl sites for hydroxylation is 1. The zero-order chi connectivity index (χ0) is 14.5. The number of nitrogens with two attached hydrogens (primary N) is 1. The Kier molecular flexibility index (Phi) is 4.58. The minimum atomic E-state index is 0.424. The van der Waals surface area contributed by atoms with E-state index in [9.17, 15) is 0 Å². The van der Waals surface area contributed by atoms with Crippen LogP contribution in [0.5, 0.6) is 5.75 Å². The van der Waals surface area contributed by atoms with Crippen LogP contribution in [0.2, 0.25) is 0 Å². The standard InChI is InChI=1S/C16H18N2OS/c1-3-19-14-6-4-5-12(10-14)18-13-7-8-15(16(17)20)11(2)9-13/h4-10,18H,3H2,1-2H3,(H2,17,20). The molecule has 0 spiro atoms. The number of hydrogen-bond donors (Lipinski definition) is 2. The summed E-state index contributed by atoms with van der Waals surface area (Å²) in [5.74, 6) is 0.856. The van der Waals surface area contributed by atoms with E-state index in [1.807, 2.05) is 56.3 Å². The fourth-order valence-corrected chi connectivity index (χ4v) is 2.24. The summed E-state index contributed by atoms with van der Waals surface area (Å²) in [6.45, 7) is 4.62. The van der Waals surface area contributed by atoms with Gasteiger partial charge in [-0.3, -0.25) is 0 Å². The van der Waals surface area contributed by atoms with Crippen molar-refractivity contribution in [2.24, 2.45) is 5.73 Å². The van der Waals surface area contributed by atoms with Crippen molar-refractivity contribution in [3.8, 4) is 5.75 Å². The molecule has 0 bridgehead atoms. The van der Waals surface area contributed by atoms with Crippen LogP contribution < -0.4 is 15.8 Å². The molecule has 3 N–H and O–H groups in total. The number of nitrogens with one attached hydrogen (secondary N) is 1. The first-order chi connectivity index (χ1) is 9.60. The van der Waals surface area contributed by atoms with Crippen LogP contribution in [0, 0.1) is 6.92 Å². The van der Waals surface area contributed by atoms with Crippen LogP contribution in [-0.2, 0) is 0 Å². The van der Waals surface area contributed by atoms with E-state index in [0.29, 0.717) is 11.6 Å². The first-order valence-electron chi connectivity index (χ1n) is 6.50. The first-order valence-corrected chi connectivity index (χ1v) is 6.91. The second kappa shape index (κ2) is 6.39. The van der Waals surface area contributed by atoms with Gasteiger partial charge in [0.15, 0.2) is 0 Å². The van der Waals surface area contributed by atoms with Gasteiger partial charge in [-0.05, 0) is 49.7 Å². The summed E-state index contributed by atoms with van der Waals surface area (Å²) in [7, 11) is 0. The van der Waals surface area contributed by atoms with Crippen molar-refractivity contribution in [3.05, 3.63) is 53.6 Å². The SMILES string of the molecule is CCOc1cccc(Nc2ccc(C(N)=S)c(C)c2)c1. The van der Waals surface area contributed by atoms with E-state index >= 15 is 0 Å². The third-order valence-electron chi connectivity index (χ3n) is 2.93. The molecule has 0 fully saturated rings. The third-order valence-corrected chi connectivity index (χ3v) is 3.15. The Morgan fingerprint density at radius 1 is 1.20 bits per heavy atom. The molecular formula is C16H18N2OS. The largest absolute Gasteiger partial charge is 0.494 e.